The van der Waals surface area contributed by atoms with Gasteiger partial charge in [0.05, 0.1) is 17.5 Å². The fraction of sp³-hybridized carbons (Fsp3) is 0.467. The highest BCUT2D eigenvalue weighted by Gasteiger charge is 2.26. The molecule has 220 valence electrons. The molecule has 0 saturated carbocycles. The first-order valence-electron chi connectivity index (χ1n) is 13.3. The number of hydrogen-bond acceptors (Lipinski definition) is 8. The molecule has 1 aromatic rings. The van der Waals surface area contributed by atoms with Crippen LogP contribution in [0.15, 0.2) is 54.2 Å². The maximum atomic E-state index is 12.9. The number of nitrogens with one attached hydrogen (secondary N) is 2. The molecule has 0 aliphatic carbocycles. The van der Waals surface area contributed by atoms with E-state index < -0.39 is 24.2 Å². The molecule has 1 heterocycles. The Morgan fingerprint density at radius 2 is 2.00 bits per heavy atom. The number of phenols is 2. The zero-order valence-corrected chi connectivity index (χ0v) is 24.0. The van der Waals surface area contributed by atoms with Crippen molar-refractivity contribution in [3.8, 4) is 11.5 Å². The van der Waals surface area contributed by atoms with Crippen molar-refractivity contribution in [1.82, 2.24) is 0 Å². The van der Waals surface area contributed by atoms with Crippen LogP contribution in [0, 0.1) is 5.92 Å². The van der Waals surface area contributed by atoms with Gasteiger partial charge in [0.15, 0.2) is 6.10 Å². The van der Waals surface area contributed by atoms with Crippen LogP contribution < -0.4 is 16.4 Å². The van der Waals surface area contributed by atoms with Gasteiger partial charge in [-0.25, -0.2) is 4.79 Å². The Hall–Kier alpha value is -3.76. The SMILES string of the molecule is C=CCNc1c(O)cc2c(O)c1CCCC(OC)C[C@@H](C)/C=C(\C)C(OC(N)=O)C(OC)/C=C\C=C(/C)C(=O)N2. The van der Waals surface area contributed by atoms with Crippen LogP contribution >= 0.6 is 0 Å². The number of hydrogen-bond donors (Lipinski definition) is 5. The Bertz CT molecular complexity index is 1140. The van der Waals surface area contributed by atoms with E-state index in [1.165, 1.54) is 13.2 Å². The molecule has 2 rings (SSSR count). The third kappa shape index (κ3) is 9.17. The topological polar surface area (TPSA) is 152 Å². The van der Waals surface area contributed by atoms with E-state index in [0.717, 1.165) is 5.57 Å². The van der Waals surface area contributed by atoms with Crippen LogP contribution in [0.5, 0.6) is 11.5 Å². The van der Waals surface area contributed by atoms with E-state index in [4.69, 9.17) is 19.9 Å². The lowest BCUT2D eigenvalue weighted by Gasteiger charge is -2.25. The first-order valence-corrected chi connectivity index (χ1v) is 13.3. The standard InChI is InChI=1S/C30H43N3O7/c1-7-14-32-26-22-12-9-11-21(38-5)16-18(2)15-20(4)28(40-30(31)37)25(39-6)13-8-10-19(3)29(36)33-23(27(22)35)17-24(26)34/h7-8,10,13,15,17-18,21,25,28,32,34-35H,1,9,11-12,14,16H2,2-6H3,(H2,31,37)(H,33,36)/b13-8-,19-10+,20-15+/t18-,21?,25?,28?/m0/s1. The van der Waals surface area contributed by atoms with Gasteiger partial charge in [0.2, 0.25) is 0 Å². The van der Waals surface area contributed by atoms with E-state index in [1.54, 1.807) is 38.3 Å². The molecular formula is C30H43N3O7. The highest BCUT2D eigenvalue weighted by molar-refractivity contribution is 6.04. The number of phenolic OH excluding ortho intramolecular Hbond substituents is 2. The third-order valence-corrected chi connectivity index (χ3v) is 6.79. The fourth-order valence-electron chi connectivity index (χ4n) is 4.74. The van der Waals surface area contributed by atoms with Gasteiger partial charge in [-0.2, -0.15) is 0 Å². The number of ether oxygens (including phenoxy) is 3. The summed E-state index contributed by atoms with van der Waals surface area (Å²) in [5.41, 5.74) is 7.43. The normalized spacial score (nSPS) is 26.4. The minimum Gasteiger partial charge on any atom is -0.506 e. The van der Waals surface area contributed by atoms with E-state index >= 15 is 0 Å². The number of amides is 2. The van der Waals surface area contributed by atoms with Crippen LogP contribution in [0.4, 0.5) is 16.2 Å². The maximum absolute atomic E-state index is 12.9. The van der Waals surface area contributed by atoms with Crippen LogP contribution in [-0.2, 0) is 25.4 Å². The number of methoxy groups -OCH3 is 2. The predicted molar refractivity (Wildman–Crippen MR) is 157 cm³/mol. The minimum atomic E-state index is -0.924. The summed E-state index contributed by atoms with van der Waals surface area (Å²) in [4.78, 5) is 24.6. The van der Waals surface area contributed by atoms with Crippen LogP contribution in [0.2, 0.25) is 0 Å². The molecule has 0 saturated heterocycles. The second-order valence-electron chi connectivity index (χ2n) is 9.94. The van der Waals surface area contributed by atoms with E-state index in [1.807, 2.05) is 19.9 Å². The molecule has 4 atom stereocenters. The summed E-state index contributed by atoms with van der Waals surface area (Å²) in [5, 5.41) is 27.6. The molecule has 2 amide bonds. The Balaban J connectivity index is 2.56. The molecule has 0 aromatic heterocycles. The fourth-order valence-corrected chi connectivity index (χ4v) is 4.74. The van der Waals surface area contributed by atoms with Crippen LogP contribution in [-0.4, -0.2) is 61.3 Å². The van der Waals surface area contributed by atoms with Gasteiger partial charge < -0.3 is 40.8 Å². The van der Waals surface area contributed by atoms with Crippen LogP contribution in [0.3, 0.4) is 0 Å². The number of fused-ring (bicyclic) bond motifs is 2. The smallest absolute Gasteiger partial charge is 0.405 e. The molecule has 40 heavy (non-hydrogen) atoms. The lowest BCUT2D eigenvalue weighted by molar-refractivity contribution is -0.112. The summed E-state index contributed by atoms with van der Waals surface area (Å²) >= 11 is 0. The quantitative estimate of drug-likeness (QED) is 0.187. The van der Waals surface area contributed by atoms with E-state index in [2.05, 4.69) is 17.2 Å². The molecule has 0 radical (unpaired) electrons. The maximum Gasteiger partial charge on any atom is 0.405 e. The molecule has 0 spiro atoms. The van der Waals surface area contributed by atoms with Gasteiger partial charge in [-0.3, -0.25) is 4.79 Å². The molecule has 6 N–H and O–H groups in total. The van der Waals surface area contributed by atoms with Gasteiger partial charge in [0.1, 0.15) is 17.6 Å². The van der Waals surface area contributed by atoms with E-state index in [0.29, 0.717) is 49.1 Å². The molecule has 1 aromatic carbocycles. The Labute approximate surface area is 236 Å². The van der Waals surface area contributed by atoms with Crippen molar-refractivity contribution in [3.63, 3.8) is 0 Å². The van der Waals surface area contributed by atoms with Gasteiger partial charge in [-0.05, 0) is 51.0 Å². The third-order valence-electron chi connectivity index (χ3n) is 6.79. The summed E-state index contributed by atoms with van der Waals surface area (Å²) in [7, 11) is 3.14. The van der Waals surface area contributed by atoms with Crippen LogP contribution in [0.25, 0.3) is 0 Å². The van der Waals surface area contributed by atoms with Gasteiger partial charge in [-0.1, -0.05) is 37.3 Å². The summed E-state index contributed by atoms with van der Waals surface area (Å²) in [6.07, 6.45) is 8.50. The highest BCUT2D eigenvalue weighted by Crippen LogP contribution is 2.41. The number of allylic oxidation sites excluding steroid dienone is 3. The van der Waals surface area contributed by atoms with Crippen molar-refractivity contribution in [2.45, 2.75) is 64.8 Å². The molecule has 3 unspecified atom stereocenters. The summed E-state index contributed by atoms with van der Waals surface area (Å²) in [6, 6.07) is 1.31. The van der Waals surface area contributed by atoms with Gasteiger partial charge >= 0.3 is 6.09 Å². The molecule has 0 fully saturated rings. The van der Waals surface area contributed by atoms with Crippen molar-refractivity contribution in [3.05, 3.63) is 59.7 Å². The Kier molecular flexibility index (Phi) is 12.8. The molecule has 10 nitrogen and oxygen atoms in total. The van der Waals surface area contributed by atoms with Crippen molar-refractivity contribution in [2.24, 2.45) is 11.7 Å². The zero-order valence-electron chi connectivity index (χ0n) is 24.0. The second kappa shape index (κ2) is 15.7. The number of primary amides is 1. The van der Waals surface area contributed by atoms with Gasteiger partial charge in [0.25, 0.3) is 5.91 Å². The molecule has 2 bridgehead atoms. The van der Waals surface area contributed by atoms with Crippen molar-refractivity contribution >= 4 is 23.4 Å². The number of anilines is 2. The minimum absolute atomic E-state index is 0.0713. The average molecular weight is 558 g/mol. The lowest BCUT2D eigenvalue weighted by Crippen LogP contribution is -2.34. The Morgan fingerprint density at radius 1 is 1.27 bits per heavy atom. The summed E-state index contributed by atoms with van der Waals surface area (Å²) < 4.78 is 16.7. The van der Waals surface area contributed by atoms with Gasteiger partial charge in [0, 0.05) is 38.0 Å². The highest BCUT2D eigenvalue weighted by atomic mass is 16.6. The monoisotopic (exact) mass is 557 g/mol. The summed E-state index contributed by atoms with van der Waals surface area (Å²) in [5.74, 6) is -0.621. The Morgan fingerprint density at radius 3 is 2.62 bits per heavy atom. The predicted octanol–water partition coefficient (Wildman–Crippen LogP) is 4.94. The molecular weight excluding hydrogens is 514 g/mol. The van der Waals surface area contributed by atoms with Crippen molar-refractivity contribution in [1.29, 1.82) is 0 Å². The molecule has 1 aliphatic rings. The number of rotatable bonds is 6. The number of carbonyl (C=O) groups is 2. The van der Waals surface area contributed by atoms with Gasteiger partial charge in [-0.15, -0.1) is 6.58 Å². The number of benzene rings is 1. The average Bonchev–Trinajstić information content (AvgIpc) is 2.90. The summed E-state index contributed by atoms with van der Waals surface area (Å²) in [6.45, 7) is 9.59. The van der Waals surface area contributed by atoms with Crippen molar-refractivity contribution < 1.29 is 34.0 Å². The zero-order chi connectivity index (χ0) is 29.8. The number of aromatic hydroxyl groups is 2. The van der Waals surface area contributed by atoms with E-state index in [-0.39, 0.29) is 29.2 Å². The van der Waals surface area contributed by atoms with E-state index in [9.17, 15) is 19.8 Å². The number of nitrogens with two attached hydrogens (primary N) is 1. The lowest BCUT2D eigenvalue weighted by atomic mass is 9.94. The first kappa shape index (κ1) is 32.5. The van der Waals surface area contributed by atoms with Crippen LogP contribution in [0.1, 0.15) is 45.6 Å². The largest absolute Gasteiger partial charge is 0.506 e. The molecule has 1 aliphatic heterocycles. The first-order chi connectivity index (χ1) is 19.0. The van der Waals surface area contributed by atoms with Crippen molar-refractivity contribution in [2.75, 3.05) is 31.4 Å². The molecule has 10 heteroatoms. The number of carbonyl (C=O) groups excluding carboxylic acids is 2. The second-order valence-corrected chi connectivity index (χ2v) is 9.94.